The van der Waals surface area contributed by atoms with E-state index in [4.69, 9.17) is 5.11 Å². The predicted molar refractivity (Wildman–Crippen MR) is 63.5 cm³/mol. The maximum absolute atomic E-state index is 8.96. The third kappa shape index (κ3) is 2.36. The minimum atomic E-state index is 0.0927. The maximum atomic E-state index is 8.96. The molecule has 0 unspecified atom stereocenters. The molecule has 88 valence electrons. The first kappa shape index (κ1) is 10.5. The zero-order chi connectivity index (χ0) is 11.7. The lowest BCUT2D eigenvalue weighted by Crippen LogP contribution is -2.00. The second kappa shape index (κ2) is 4.30. The van der Waals surface area contributed by atoms with Gasteiger partial charge in [-0.25, -0.2) is 4.68 Å². The van der Waals surface area contributed by atoms with Crippen LogP contribution in [0.2, 0.25) is 0 Å². The van der Waals surface area contributed by atoms with Gasteiger partial charge in [0.05, 0.1) is 18.8 Å². The Morgan fingerprint density at radius 1 is 1.18 bits per heavy atom. The van der Waals surface area contributed by atoms with Gasteiger partial charge in [0.25, 0.3) is 0 Å². The lowest BCUT2D eigenvalue weighted by Gasteiger charge is -2.02. The number of hydrogen-bond donors (Lipinski definition) is 1. The summed E-state index contributed by atoms with van der Waals surface area (Å²) in [5.41, 5.74) is 3.23. The van der Waals surface area contributed by atoms with E-state index in [1.165, 1.54) is 18.4 Å². The zero-order valence-corrected chi connectivity index (χ0v) is 9.58. The number of rotatable bonds is 4. The molecule has 1 aliphatic carbocycles. The van der Waals surface area contributed by atoms with Crippen LogP contribution < -0.4 is 0 Å². The van der Waals surface area contributed by atoms with E-state index in [-0.39, 0.29) is 6.61 Å². The van der Waals surface area contributed by atoms with Crippen molar-refractivity contribution >= 4 is 0 Å². The summed E-state index contributed by atoms with van der Waals surface area (Å²) >= 11 is 0. The van der Waals surface area contributed by atoms with E-state index in [0.29, 0.717) is 5.92 Å². The van der Waals surface area contributed by atoms with Gasteiger partial charge in [0.2, 0.25) is 0 Å². The van der Waals surface area contributed by atoms with Crippen LogP contribution in [0, 0.1) is 0 Å². The Kier molecular flexibility index (Phi) is 2.65. The maximum Gasteiger partial charge on any atom is 0.0858 e. The van der Waals surface area contributed by atoms with Crippen molar-refractivity contribution in [3.05, 3.63) is 47.3 Å². The first-order valence-electron chi connectivity index (χ1n) is 5.94. The Balaban J connectivity index is 1.71. The first-order valence-corrected chi connectivity index (χ1v) is 5.94. The molecule has 1 N–H and O–H groups in total. The second-order valence-electron chi connectivity index (χ2n) is 4.59. The SMILES string of the molecule is OCc1ccc(Cn2cc(C3CC3)nn2)cc1. The fraction of sp³-hybridized carbons (Fsp3) is 0.385. The summed E-state index contributed by atoms with van der Waals surface area (Å²) in [4.78, 5) is 0. The zero-order valence-electron chi connectivity index (χ0n) is 9.58. The highest BCUT2D eigenvalue weighted by atomic mass is 16.3. The summed E-state index contributed by atoms with van der Waals surface area (Å²) in [7, 11) is 0. The molecule has 1 aromatic carbocycles. The summed E-state index contributed by atoms with van der Waals surface area (Å²) in [5.74, 6) is 0.653. The summed E-state index contributed by atoms with van der Waals surface area (Å²) in [6.07, 6.45) is 4.55. The molecule has 2 aromatic rings. The molecule has 0 spiro atoms. The highest BCUT2D eigenvalue weighted by molar-refractivity contribution is 5.22. The molecule has 4 heteroatoms. The fourth-order valence-electron chi connectivity index (χ4n) is 1.89. The Labute approximate surface area is 99.9 Å². The predicted octanol–water partition coefficient (Wildman–Crippen LogP) is 1.70. The topological polar surface area (TPSA) is 50.9 Å². The van der Waals surface area contributed by atoms with Gasteiger partial charge in [-0.15, -0.1) is 5.10 Å². The fourth-order valence-corrected chi connectivity index (χ4v) is 1.89. The molecule has 17 heavy (non-hydrogen) atoms. The molecule has 1 heterocycles. The molecular formula is C13H15N3O. The van der Waals surface area contributed by atoms with Crippen molar-refractivity contribution in [3.8, 4) is 0 Å². The average molecular weight is 229 g/mol. The smallest absolute Gasteiger partial charge is 0.0858 e. The highest BCUT2D eigenvalue weighted by Gasteiger charge is 2.26. The third-order valence-electron chi connectivity index (χ3n) is 3.10. The van der Waals surface area contributed by atoms with Crippen molar-refractivity contribution in [3.63, 3.8) is 0 Å². The third-order valence-corrected chi connectivity index (χ3v) is 3.10. The molecule has 0 aliphatic heterocycles. The second-order valence-corrected chi connectivity index (χ2v) is 4.59. The molecule has 0 amide bonds. The van der Waals surface area contributed by atoms with Crippen molar-refractivity contribution in [1.29, 1.82) is 0 Å². The normalized spacial score (nSPS) is 15.1. The van der Waals surface area contributed by atoms with Crippen LogP contribution in [-0.4, -0.2) is 20.1 Å². The van der Waals surface area contributed by atoms with Crippen molar-refractivity contribution in [2.45, 2.75) is 31.9 Å². The van der Waals surface area contributed by atoms with Crippen LogP contribution >= 0.6 is 0 Å². The Hall–Kier alpha value is -1.68. The Morgan fingerprint density at radius 2 is 1.88 bits per heavy atom. The van der Waals surface area contributed by atoms with Crippen LogP contribution in [0.1, 0.15) is 35.6 Å². The quantitative estimate of drug-likeness (QED) is 0.868. The number of aromatic nitrogens is 3. The minimum Gasteiger partial charge on any atom is -0.392 e. The number of hydrogen-bond acceptors (Lipinski definition) is 3. The van der Waals surface area contributed by atoms with Gasteiger partial charge in [-0.1, -0.05) is 29.5 Å². The lowest BCUT2D eigenvalue weighted by atomic mass is 10.1. The largest absolute Gasteiger partial charge is 0.392 e. The van der Waals surface area contributed by atoms with E-state index in [9.17, 15) is 0 Å². The molecule has 3 rings (SSSR count). The van der Waals surface area contributed by atoms with Crippen molar-refractivity contribution in [1.82, 2.24) is 15.0 Å². The van der Waals surface area contributed by atoms with Gasteiger partial charge in [0.1, 0.15) is 0 Å². The van der Waals surface area contributed by atoms with Crippen molar-refractivity contribution in [2.75, 3.05) is 0 Å². The van der Waals surface area contributed by atoms with Crippen LogP contribution in [0.5, 0.6) is 0 Å². The Morgan fingerprint density at radius 3 is 2.53 bits per heavy atom. The summed E-state index contributed by atoms with van der Waals surface area (Å²) in [5, 5.41) is 17.3. The number of nitrogens with zero attached hydrogens (tertiary/aromatic N) is 3. The molecule has 4 nitrogen and oxygen atoms in total. The molecule has 0 bridgehead atoms. The van der Waals surface area contributed by atoms with Crippen LogP contribution in [0.15, 0.2) is 30.5 Å². The van der Waals surface area contributed by atoms with Gasteiger partial charge in [-0.3, -0.25) is 0 Å². The van der Waals surface area contributed by atoms with Gasteiger partial charge in [-0.05, 0) is 24.0 Å². The number of aliphatic hydroxyl groups is 1. The molecular weight excluding hydrogens is 214 g/mol. The van der Waals surface area contributed by atoms with E-state index in [1.54, 1.807) is 0 Å². The monoisotopic (exact) mass is 229 g/mol. The first-order chi connectivity index (χ1) is 8.35. The van der Waals surface area contributed by atoms with Crippen molar-refractivity contribution < 1.29 is 5.11 Å². The lowest BCUT2D eigenvalue weighted by molar-refractivity contribution is 0.282. The van der Waals surface area contributed by atoms with E-state index >= 15 is 0 Å². The number of benzene rings is 1. The van der Waals surface area contributed by atoms with Gasteiger partial charge >= 0.3 is 0 Å². The standard InChI is InChI=1S/C13H15N3O/c17-9-11-3-1-10(2-4-11)7-16-8-13(14-15-16)12-5-6-12/h1-4,8,12,17H,5-7,9H2. The van der Waals surface area contributed by atoms with E-state index < -0.39 is 0 Å². The number of aliphatic hydroxyl groups excluding tert-OH is 1. The summed E-state index contributed by atoms with van der Waals surface area (Å²) < 4.78 is 1.88. The van der Waals surface area contributed by atoms with E-state index in [2.05, 4.69) is 10.3 Å². The highest BCUT2D eigenvalue weighted by Crippen LogP contribution is 2.38. The van der Waals surface area contributed by atoms with E-state index in [0.717, 1.165) is 17.8 Å². The molecule has 1 saturated carbocycles. The summed E-state index contributed by atoms with van der Waals surface area (Å²) in [6.45, 7) is 0.834. The van der Waals surface area contributed by atoms with Gasteiger partial charge in [-0.2, -0.15) is 0 Å². The van der Waals surface area contributed by atoms with Gasteiger partial charge in [0, 0.05) is 12.1 Å². The van der Waals surface area contributed by atoms with Crippen molar-refractivity contribution in [2.24, 2.45) is 0 Å². The van der Waals surface area contributed by atoms with Gasteiger partial charge < -0.3 is 5.11 Å². The van der Waals surface area contributed by atoms with Crippen LogP contribution in [0.25, 0.3) is 0 Å². The van der Waals surface area contributed by atoms with E-state index in [1.807, 2.05) is 35.1 Å². The molecule has 1 aliphatic rings. The van der Waals surface area contributed by atoms with Crippen LogP contribution in [0.3, 0.4) is 0 Å². The molecule has 1 aromatic heterocycles. The molecule has 1 fully saturated rings. The molecule has 0 saturated heterocycles. The van der Waals surface area contributed by atoms with Gasteiger partial charge in [0.15, 0.2) is 0 Å². The minimum absolute atomic E-state index is 0.0927. The molecule has 0 radical (unpaired) electrons. The van der Waals surface area contributed by atoms with Crippen LogP contribution in [-0.2, 0) is 13.2 Å². The average Bonchev–Trinajstić information content (AvgIpc) is 3.12. The molecule has 0 atom stereocenters. The van der Waals surface area contributed by atoms with Crippen LogP contribution in [0.4, 0.5) is 0 Å². The Bertz CT molecular complexity index is 500. The summed E-state index contributed by atoms with van der Waals surface area (Å²) in [6, 6.07) is 7.91.